The van der Waals surface area contributed by atoms with Crippen LogP contribution in [0.15, 0.2) is 47.5 Å². The van der Waals surface area contributed by atoms with Crippen LogP contribution < -0.4 is 11.1 Å². The van der Waals surface area contributed by atoms with Gasteiger partial charge in [-0.25, -0.2) is 9.37 Å². The van der Waals surface area contributed by atoms with Crippen LogP contribution in [0.4, 0.5) is 10.1 Å². The number of halogens is 1. The van der Waals surface area contributed by atoms with Crippen LogP contribution >= 0.6 is 11.8 Å². The smallest absolute Gasteiger partial charge is 0.291 e. The van der Waals surface area contributed by atoms with Crippen LogP contribution in [0, 0.1) is 5.82 Å². The van der Waals surface area contributed by atoms with Crippen molar-refractivity contribution in [2.24, 2.45) is 10.7 Å². The fourth-order valence-corrected chi connectivity index (χ4v) is 4.12. The maximum atomic E-state index is 14.5. The summed E-state index contributed by atoms with van der Waals surface area (Å²) in [6.45, 7) is 1.85. The van der Waals surface area contributed by atoms with E-state index >= 15 is 0 Å². The minimum atomic E-state index is -0.750. The number of amidine groups is 1. The lowest BCUT2D eigenvalue weighted by Crippen LogP contribution is -2.29. The lowest BCUT2D eigenvalue weighted by molar-refractivity contribution is 0.101. The molecule has 1 aliphatic rings. The fourth-order valence-electron chi connectivity index (χ4n) is 3.15. The predicted octanol–water partition coefficient (Wildman–Crippen LogP) is 3.62. The second-order valence-electron chi connectivity index (χ2n) is 6.57. The Morgan fingerprint density at radius 1 is 1.33 bits per heavy atom. The van der Waals surface area contributed by atoms with E-state index in [2.05, 4.69) is 20.3 Å². The molecule has 138 valence electrons. The molecule has 0 bridgehead atoms. The molecule has 8 heteroatoms. The maximum absolute atomic E-state index is 14.5. The number of anilines is 1. The highest BCUT2D eigenvalue weighted by Gasteiger charge is 2.32. The van der Waals surface area contributed by atoms with Crippen molar-refractivity contribution in [3.05, 3.63) is 59.7 Å². The van der Waals surface area contributed by atoms with Crippen molar-refractivity contribution in [1.29, 1.82) is 0 Å². The van der Waals surface area contributed by atoms with E-state index in [1.165, 1.54) is 23.9 Å². The van der Waals surface area contributed by atoms with Gasteiger partial charge in [-0.15, -0.1) is 0 Å². The topological polar surface area (TPSA) is 96.2 Å². The molecule has 2 heterocycles. The fraction of sp³-hybridized carbons (Fsp3) is 0.211. The molecule has 4 rings (SSSR count). The molecule has 0 saturated heterocycles. The van der Waals surface area contributed by atoms with Gasteiger partial charge < -0.3 is 16.0 Å². The van der Waals surface area contributed by atoms with E-state index < -0.39 is 11.4 Å². The number of carbonyl (C=O) groups is 1. The van der Waals surface area contributed by atoms with Crippen molar-refractivity contribution in [1.82, 2.24) is 9.97 Å². The largest absolute Gasteiger partial charge is 0.379 e. The van der Waals surface area contributed by atoms with Gasteiger partial charge in [0.25, 0.3) is 5.91 Å². The van der Waals surface area contributed by atoms with Crippen LogP contribution in [0.5, 0.6) is 0 Å². The SMILES string of the molecule is CC1(c2cc(NC(=O)c3nc4ccccc4[nH]3)ccc2F)CCSC(N)=N1. The van der Waals surface area contributed by atoms with Crippen molar-refractivity contribution in [3.63, 3.8) is 0 Å². The monoisotopic (exact) mass is 383 g/mol. The standard InChI is InChI=1S/C19H18FN5OS/c1-19(8-9-27-18(21)25-19)12-10-11(6-7-13(12)20)22-17(26)16-23-14-4-2-3-5-15(14)24-16/h2-7,10H,8-9H2,1H3,(H2,21,25)(H,22,26)(H,23,24). The van der Waals surface area contributed by atoms with Gasteiger partial charge in [0.2, 0.25) is 0 Å². The van der Waals surface area contributed by atoms with Gasteiger partial charge in [-0.05, 0) is 43.7 Å². The molecule has 3 aromatic rings. The highest BCUT2D eigenvalue weighted by molar-refractivity contribution is 8.13. The molecule has 0 spiro atoms. The Morgan fingerprint density at radius 2 is 2.15 bits per heavy atom. The van der Waals surface area contributed by atoms with Crippen LogP contribution in [0.3, 0.4) is 0 Å². The molecule has 0 fully saturated rings. The Bertz CT molecular complexity index is 1030. The van der Waals surface area contributed by atoms with E-state index in [0.717, 1.165) is 11.3 Å². The van der Waals surface area contributed by atoms with Crippen molar-refractivity contribution in [3.8, 4) is 0 Å². The molecule has 6 nitrogen and oxygen atoms in total. The highest BCUT2D eigenvalue weighted by atomic mass is 32.2. The van der Waals surface area contributed by atoms with E-state index in [4.69, 9.17) is 5.73 Å². The minimum Gasteiger partial charge on any atom is -0.379 e. The number of aliphatic imine (C=N–C) groups is 1. The van der Waals surface area contributed by atoms with Gasteiger partial charge in [0, 0.05) is 17.0 Å². The number of amides is 1. The van der Waals surface area contributed by atoms with Gasteiger partial charge in [-0.2, -0.15) is 0 Å². The Labute approximate surface area is 159 Å². The van der Waals surface area contributed by atoms with Gasteiger partial charge in [0.15, 0.2) is 11.0 Å². The summed E-state index contributed by atoms with van der Waals surface area (Å²) in [7, 11) is 0. The Morgan fingerprint density at radius 3 is 2.93 bits per heavy atom. The minimum absolute atomic E-state index is 0.199. The average molecular weight is 383 g/mol. The summed E-state index contributed by atoms with van der Waals surface area (Å²) < 4.78 is 14.5. The maximum Gasteiger partial charge on any atom is 0.291 e. The molecule has 2 aromatic carbocycles. The second-order valence-corrected chi connectivity index (χ2v) is 7.69. The third-order valence-electron chi connectivity index (χ3n) is 4.60. The number of carbonyl (C=O) groups excluding carboxylic acids is 1. The van der Waals surface area contributed by atoms with Gasteiger partial charge in [0.1, 0.15) is 5.82 Å². The second kappa shape index (κ2) is 6.70. The van der Waals surface area contributed by atoms with Crippen LogP contribution in [-0.4, -0.2) is 26.8 Å². The van der Waals surface area contributed by atoms with Gasteiger partial charge in [-0.3, -0.25) is 9.79 Å². The molecule has 1 amide bonds. The predicted molar refractivity (Wildman–Crippen MR) is 106 cm³/mol. The number of aromatic nitrogens is 2. The van der Waals surface area contributed by atoms with Crippen LogP contribution in [-0.2, 0) is 5.54 Å². The lowest BCUT2D eigenvalue weighted by Gasteiger charge is -2.30. The number of H-pyrrole nitrogens is 1. The third kappa shape index (κ3) is 3.40. The van der Waals surface area contributed by atoms with Gasteiger partial charge in [-0.1, -0.05) is 23.9 Å². The summed E-state index contributed by atoms with van der Waals surface area (Å²) in [5.41, 5.74) is 7.46. The average Bonchev–Trinajstić information content (AvgIpc) is 3.07. The Balaban J connectivity index is 1.63. The first-order valence-electron chi connectivity index (χ1n) is 8.49. The third-order valence-corrected chi connectivity index (χ3v) is 5.40. The number of hydrogen-bond acceptors (Lipinski definition) is 5. The molecule has 27 heavy (non-hydrogen) atoms. The molecule has 1 atom stereocenters. The van der Waals surface area contributed by atoms with E-state index in [1.807, 2.05) is 31.2 Å². The summed E-state index contributed by atoms with van der Waals surface area (Å²) in [5, 5.41) is 3.21. The van der Waals surface area contributed by atoms with Crippen LogP contribution in [0.25, 0.3) is 11.0 Å². The zero-order valence-electron chi connectivity index (χ0n) is 14.6. The van der Waals surface area contributed by atoms with E-state index in [-0.39, 0.29) is 11.6 Å². The summed E-state index contributed by atoms with van der Waals surface area (Å²) >= 11 is 1.46. The first kappa shape index (κ1) is 17.5. The number of nitrogens with zero attached hydrogens (tertiary/aromatic N) is 2. The quantitative estimate of drug-likeness (QED) is 0.644. The number of para-hydroxylation sites is 2. The zero-order chi connectivity index (χ0) is 19.0. The molecular formula is C19H18FN5OS. The van der Waals surface area contributed by atoms with Gasteiger partial charge in [0.05, 0.1) is 16.6 Å². The number of hydrogen-bond donors (Lipinski definition) is 3. The Kier molecular flexibility index (Phi) is 4.35. The van der Waals surface area contributed by atoms with Gasteiger partial charge >= 0.3 is 0 Å². The number of thioether (sulfide) groups is 1. The number of fused-ring (bicyclic) bond motifs is 1. The first-order valence-corrected chi connectivity index (χ1v) is 9.47. The van der Waals surface area contributed by atoms with E-state index in [0.29, 0.717) is 28.4 Å². The number of benzene rings is 2. The summed E-state index contributed by atoms with van der Waals surface area (Å²) in [5.74, 6) is 0.198. The summed E-state index contributed by atoms with van der Waals surface area (Å²) in [6, 6.07) is 11.9. The number of aromatic amines is 1. The zero-order valence-corrected chi connectivity index (χ0v) is 15.4. The molecule has 1 unspecified atom stereocenters. The summed E-state index contributed by atoms with van der Waals surface area (Å²) in [4.78, 5) is 24.2. The molecule has 4 N–H and O–H groups in total. The molecule has 1 aliphatic heterocycles. The molecule has 0 radical (unpaired) electrons. The highest BCUT2D eigenvalue weighted by Crippen LogP contribution is 2.37. The van der Waals surface area contributed by atoms with E-state index in [1.54, 1.807) is 6.07 Å². The van der Waals surface area contributed by atoms with Crippen LogP contribution in [0.1, 0.15) is 29.5 Å². The Hall–Kier alpha value is -2.87. The van der Waals surface area contributed by atoms with Crippen molar-refractivity contribution >= 4 is 39.6 Å². The lowest BCUT2D eigenvalue weighted by atomic mass is 9.89. The number of nitrogens with two attached hydrogens (primary N) is 1. The van der Waals surface area contributed by atoms with Crippen molar-refractivity contribution in [2.75, 3.05) is 11.1 Å². The van der Waals surface area contributed by atoms with E-state index in [9.17, 15) is 9.18 Å². The van der Waals surface area contributed by atoms with Crippen molar-refractivity contribution in [2.45, 2.75) is 18.9 Å². The van der Waals surface area contributed by atoms with Crippen LogP contribution in [0.2, 0.25) is 0 Å². The molecular weight excluding hydrogens is 365 g/mol. The molecule has 1 aromatic heterocycles. The number of imidazole rings is 1. The number of nitrogens with one attached hydrogen (secondary N) is 2. The summed E-state index contributed by atoms with van der Waals surface area (Å²) in [6.07, 6.45) is 0.663. The normalized spacial score (nSPS) is 19.7. The first-order chi connectivity index (χ1) is 12.9. The molecule has 0 aliphatic carbocycles. The van der Waals surface area contributed by atoms with Crippen molar-refractivity contribution < 1.29 is 9.18 Å². The number of rotatable bonds is 3. The molecule has 0 saturated carbocycles.